The van der Waals surface area contributed by atoms with Crippen LogP contribution >= 0.6 is 0 Å². The summed E-state index contributed by atoms with van der Waals surface area (Å²) in [6, 6.07) is 9.99. The molecule has 2 heteroatoms. The zero-order valence-electron chi connectivity index (χ0n) is 7.12. The summed E-state index contributed by atoms with van der Waals surface area (Å²) < 4.78 is 0. The largest absolute Gasteiger partial charge is 0.326 e. The molecule has 61 valence electrons. The van der Waals surface area contributed by atoms with Crippen LogP contribution in [0.1, 0.15) is 19.4 Å². The molecule has 2 N–H and O–H groups in total. The van der Waals surface area contributed by atoms with Crippen LogP contribution in [-0.4, -0.2) is 0 Å². The summed E-state index contributed by atoms with van der Waals surface area (Å²) in [5, 5.41) is 0. The summed E-state index contributed by atoms with van der Waals surface area (Å²) in [6.07, 6.45) is 0. The minimum Gasteiger partial charge on any atom is -0.326 e. The van der Waals surface area contributed by atoms with E-state index in [1.165, 1.54) is 5.56 Å². The Morgan fingerprint density at radius 2 is 1.55 bits per heavy atom. The quantitative estimate of drug-likeness (QED) is 0.718. The maximum Gasteiger partial charge on any atom is 0.0178 e. The van der Waals surface area contributed by atoms with E-state index in [1.807, 2.05) is 44.2 Å². The van der Waals surface area contributed by atoms with E-state index in [1.54, 1.807) is 0 Å². The Balaban J connectivity index is 0. The average Bonchev–Trinajstić information content (AvgIpc) is 2.10. The maximum absolute atomic E-state index is 5.35. The van der Waals surface area contributed by atoms with E-state index < -0.39 is 0 Å². The summed E-state index contributed by atoms with van der Waals surface area (Å²) in [6.45, 7) is 4.64. The molecule has 1 aromatic rings. The van der Waals surface area contributed by atoms with Gasteiger partial charge in [0.05, 0.1) is 0 Å². The van der Waals surface area contributed by atoms with E-state index in [4.69, 9.17) is 5.73 Å². The third kappa shape index (κ3) is 6.17. The SMILES string of the molecule is CC.NCc1ccccc1.[V]. The third-order valence-electron chi connectivity index (χ3n) is 1.08. The number of hydrogen-bond acceptors (Lipinski definition) is 1. The van der Waals surface area contributed by atoms with Crippen LogP contribution in [-0.2, 0) is 25.1 Å². The predicted octanol–water partition coefficient (Wildman–Crippen LogP) is 2.17. The molecule has 0 amide bonds. The first kappa shape index (κ1) is 13.4. The first-order valence-corrected chi connectivity index (χ1v) is 3.67. The molecule has 0 spiro atoms. The fraction of sp³-hybridized carbons (Fsp3) is 0.333. The summed E-state index contributed by atoms with van der Waals surface area (Å²) in [5.41, 5.74) is 6.54. The maximum atomic E-state index is 5.35. The second kappa shape index (κ2) is 9.76. The molecule has 1 rings (SSSR count). The van der Waals surface area contributed by atoms with Gasteiger partial charge in [-0.2, -0.15) is 0 Å². The van der Waals surface area contributed by atoms with Gasteiger partial charge in [0.15, 0.2) is 0 Å². The summed E-state index contributed by atoms with van der Waals surface area (Å²) in [7, 11) is 0. The molecule has 0 atom stereocenters. The summed E-state index contributed by atoms with van der Waals surface area (Å²) in [5.74, 6) is 0. The van der Waals surface area contributed by atoms with Crippen molar-refractivity contribution >= 4 is 0 Å². The molecule has 0 aliphatic heterocycles. The van der Waals surface area contributed by atoms with Crippen molar-refractivity contribution in [3.05, 3.63) is 35.9 Å². The van der Waals surface area contributed by atoms with Crippen molar-refractivity contribution in [1.82, 2.24) is 0 Å². The molecule has 0 saturated carbocycles. The standard InChI is InChI=1S/C7H9N.C2H6.V/c8-6-7-4-2-1-3-5-7;1-2;/h1-5H,6,8H2;1-2H3;. The number of hydrogen-bond donors (Lipinski definition) is 1. The second-order valence-electron chi connectivity index (χ2n) is 1.69. The van der Waals surface area contributed by atoms with Gasteiger partial charge in [-0.1, -0.05) is 44.2 Å². The van der Waals surface area contributed by atoms with E-state index in [9.17, 15) is 0 Å². The molecule has 0 heterocycles. The van der Waals surface area contributed by atoms with Gasteiger partial charge in [-0.3, -0.25) is 0 Å². The van der Waals surface area contributed by atoms with Crippen LogP contribution in [0.2, 0.25) is 0 Å². The predicted molar refractivity (Wildman–Crippen MR) is 45.7 cm³/mol. The third-order valence-corrected chi connectivity index (χ3v) is 1.08. The minimum absolute atomic E-state index is 0. The molecular weight excluding hydrogens is 173 g/mol. The Morgan fingerprint density at radius 3 is 1.82 bits per heavy atom. The van der Waals surface area contributed by atoms with Crippen LogP contribution in [0.3, 0.4) is 0 Å². The van der Waals surface area contributed by atoms with Gasteiger partial charge in [0, 0.05) is 25.1 Å². The second-order valence-corrected chi connectivity index (χ2v) is 1.69. The molecule has 0 unspecified atom stereocenters. The average molecular weight is 188 g/mol. The van der Waals surface area contributed by atoms with Crippen molar-refractivity contribution in [2.45, 2.75) is 20.4 Å². The first-order valence-electron chi connectivity index (χ1n) is 3.67. The van der Waals surface area contributed by atoms with E-state index in [0.29, 0.717) is 6.54 Å². The van der Waals surface area contributed by atoms with Gasteiger partial charge in [-0.25, -0.2) is 0 Å². The first-order chi connectivity index (χ1) is 4.93. The van der Waals surface area contributed by atoms with Crippen LogP contribution in [0.15, 0.2) is 30.3 Å². The van der Waals surface area contributed by atoms with Crippen molar-refractivity contribution in [3.8, 4) is 0 Å². The molecule has 0 aliphatic rings. The van der Waals surface area contributed by atoms with Crippen LogP contribution < -0.4 is 5.73 Å². The van der Waals surface area contributed by atoms with Gasteiger partial charge in [0.25, 0.3) is 0 Å². The fourth-order valence-electron chi connectivity index (χ4n) is 0.614. The van der Waals surface area contributed by atoms with Gasteiger partial charge >= 0.3 is 0 Å². The van der Waals surface area contributed by atoms with Gasteiger partial charge in [0.1, 0.15) is 0 Å². The van der Waals surface area contributed by atoms with Crippen LogP contribution in [0, 0.1) is 0 Å². The molecule has 1 aromatic carbocycles. The van der Waals surface area contributed by atoms with Gasteiger partial charge < -0.3 is 5.73 Å². The molecular formula is C9H15NV. The molecule has 0 fully saturated rings. The number of benzene rings is 1. The van der Waals surface area contributed by atoms with Crippen molar-refractivity contribution in [2.24, 2.45) is 5.73 Å². The van der Waals surface area contributed by atoms with E-state index >= 15 is 0 Å². The molecule has 0 saturated heterocycles. The summed E-state index contributed by atoms with van der Waals surface area (Å²) >= 11 is 0. The smallest absolute Gasteiger partial charge is 0.0178 e. The van der Waals surface area contributed by atoms with Crippen molar-refractivity contribution < 1.29 is 18.6 Å². The van der Waals surface area contributed by atoms with Crippen molar-refractivity contribution in [1.29, 1.82) is 0 Å². The molecule has 0 aromatic heterocycles. The monoisotopic (exact) mass is 188 g/mol. The van der Waals surface area contributed by atoms with Gasteiger partial charge in [0.2, 0.25) is 0 Å². The van der Waals surface area contributed by atoms with Crippen molar-refractivity contribution in [3.63, 3.8) is 0 Å². The molecule has 1 nitrogen and oxygen atoms in total. The normalized spacial score (nSPS) is 7.18. The van der Waals surface area contributed by atoms with E-state index in [0.717, 1.165) is 0 Å². The van der Waals surface area contributed by atoms with E-state index in [2.05, 4.69) is 0 Å². The Morgan fingerprint density at radius 1 is 1.09 bits per heavy atom. The minimum atomic E-state index is 0. The topological polar surface area (TPSA) is 26.0 Å². The zero-order chi connectivity index (χ0) is 7.82. The van der Waals surface area contributed by atoms with Crippen LogP contribution in [0.5, 0.6) is 0 Å². The Hall–Kier alpha value is -0.236. The Bertz CT molecular complexity index is 151. The zero-order valence-corrected chi connectivity index (χ0v) is 8.52. The number of nitrogens with two attached hydrogens (primary N) is 1. The molecule has 0 aliphatic carbocycles. The van der Waals surface area contributed by atoms with Gasteiger partial charge in [-0.15, -0.1) is 0 Å². The van der Waals surface area contributed by atoms with Crippen molar-refractivity contribution in [2.75, 3.05) is 0 Å². The molecule has 11 heavy (non-hydrogen) atoms. The number of rotatable bonds is 1. The Labute approximate surface area is 80.9 Å². The van der Waals surface area contributed by atoms with Crippen LogP contribution in [0.4, 0.5) is 0 Å². The van der Waals surface area contributed by atoms with Crippen LogP contribution in [0.25, 0.3) is 0 Å². The Kier molecular flexibility index (Phi) is 11.9. The van der Waals surface area contributed by atoms with E-state index in [-0.39, 0.29) is 18.6 Å². The summed E-state index contributed by atoms with van der Waals surface area (Å²) in [4.78, 5) is 0. The molecule has 1 radical (unpaired) electrons. The van der Waals surface area contributed by atoms with Gasteiger partial charge in [-0.05, 0) is 5.56 Å². The fourth-order valence-corrected chi connectivity index (χ4v) is 0.614. The molecule has 0 bridgehead atoms.